The van der Waals surface area contributed by atoms with Crippen molar-refractivity contribution in [1.29, 1.82) is 0 Å². The van der Waals surface area contributed by atoms with Gasteiger partial charge in [0.1, 0.15) is 0 Å². The second kappa shape index (κ2) is 4.07. The molecular formula is C15H14N2. The molecule has 0 spiro atoms. The van der Waals surface area contributed by atoms with E-state index in [2.05, 4.69) is 53.2 Å². The molecule has 0 fully saturated rings. The van der Waals surface area contributed by atoms with Gasteiger partial charge in [0.15, 0.2) is 0 Å². The molecule has 0 radical (unpaired) electrons. The van der Waals surface area contributed by atoms with Crippen molar-refractivity contribution in [3.05, 3.63) is 66.5 Å². The third-order valence-electron chi connectivity index (χ3n) is 3.10. The van der Waals surface area contributed by atoms with Crippen LogP contribution in [0.25, 0.3) is 16.6 Å². The van der Waals surface area contributed by atoms with Crippen LogP contribution in [0.3, 0.4) is 0 Å². The quantitative estimate of drug-likeness (QED) is 0.709. The summed E-state index contributed by atoms with van der Waals surface area (Å²) in [7, 11) is 0. The normalized spacial score (nSPS) is 10.9. The van der Waals surface area contributed by atoms with Crippen molar-refractivity contribution in [3.63, 3.8) is 0 Å². The summed E-state index contributed by atoms with van der Waals surface area (Å²) in [6, 6.07) is 16.7. The van der Waals surface area contributed by atoms with E-state index in [4.69, 9.17) is 5.73 Å². The van der Waals surface area contributed by atoms with Gasteiger partial charge in [-0.25, -0.2) is 0 Å². The van der Waals surface area contributed by atoms with E-state index in [0.717, 1.165) is 0 Å². The monoisotopic (exact) mass is 222 g/mol. The van der Waals surface area contributed by atoms with Crippen LogP contribution in [0.5, 0.6) is 0 Å². The highest BCUT2D eigenvalue weighted by molar-refractivity contribution is 5.82. The molecule has 0 amide bonds. The predicted molar refractivity (Wildman–Crippen MR) is 70.7 cm³/mol. The summed E-state index contributed by atoms with van der Waals surface area (Å²) in [6.07, 6.45) is 4.14. The van der Waals surface area contributed by atoms with E-state index in [-0.39, 0.29) is 0 Å². The van der Waals surface area contributed by atoms with Crippen LogP contribution in [-0.4, -0.2) is 4.40 Å². The molecule has 0 aliphatic carbocycles. The lowest BCUT2D eigenvalue weighted by atomic mass is 10.0. The van der Waals surface area contributed by atoms with Crippen LogP contribution in [-0.2, 0) is 6.54 Å². The van der Waals surface area contributed by atoms with Crippen LogP contribution in [0.15, 0.2) is 60.9 Å². The van der Waals surface area contributed by atoms with Crippen LogP contribution >= 0.6 is 0 Å². The summed E-state index contributed by atoms with van der Waals surface area (Å²) in [5.74, 6) is 0. The topological polar surface area (TPSA) is 30.4 Å². The van der Waals surface area contributed by atoms with Crippen LogP contribution in [0.1, 0.15) is 5.56 Å². The lowest BCUT2D eigenvalue weighted by molar-refractivity contribution is 1.07. The molecule has 1 aromatic carbocycles. The van der Waals surface area contributed by atoms with E-state index in [9.17, 15) is 0 Å². The molecule has 0 unspecified atom stereocenters. The van der Waals surface area contributed by atoms with Gasteiger partial charge in [0.25, 0.3) is 0 Å². The number of aromatic nitrogens is 1. The van der Waals surface area contributed by atoms with Crippen LogP contribution in [0.2, 0.25) is 0 Å². The lowest BCUT2D eigenvalue weighted by Gasteiger charge is -2.06. The van der Waals surface area contributed by atoms with Gasteiger partial charge in [0.2, 0.25) is 0 Å². The molecule has 84 valence electrons. The number of benzene rings is 1. The number of rotatable bonds is 2. The summed E-state index contributed by atoms with van der Waals surface area (Å²) in [4.78, 5) is 0. The van der Waals surface area contributed by atoms with Gasteiger partial charge in [-0.3, -0.25) is 0 Å². The molecule has 0 aliphatic rings. The van der Waals surface area contributed by atoms with E-state index < -0.39 is 0 Å². The van der Waals surface area contributed by atoms with Gasteiger partial charge in [0.05, 0.1) is 5.52 Å². The lowest BCUT2D eigenvalue weighted by Crippen LogP contribution is -1.98. The molecule has 0 aliphatic heterocycles. The first kappa shape index (κ1) is 10.1. The molecule has 0 bridgehead atoms. The van der Waals surface area contributed by atoms with Crippen molar-refractivity contribution in [3.8, 4) is 11.1 Å². The van der Waals surface area contributed by atoms with Crippen molar-refractivity contribution < 1.29 is 0 Å². The van der Waals surface area contributed by atoms with E-state index in [1.165, 1.54) is 22.2 Å². The maximum absolute atomic E-state index is 5.79. The highest BCUT2D eigenvalue weighted by atomic mass is 14.8. The Morgan fingerprint density at radius 1 is 0.824 bits per heavy atom. The van der Waals surface area contributed by atoms with E-state index >= 15 is 0 Å². The Kier molecular flexibility index (Phi) is 2.42. The Bertz CT molecular complexity index is 653. The summed E-state index contributed by atoms with van der Waals surface area (Å²) in [6.45, 7) is 0.570. The molecule has 3 aromatic rings. The maximum Gasteiger partial charge on any atom is 0.0528 e. The molecule has 2 heterocycles. The van der Waals surface area contributed by atoms with Gasteiger partial charge in [-0.15, -0.1) is 0 Å². The molecule has 0 saturated heterocycles. The van der Waals surface area contributed by atoms with Gasteiger partial charge >= 0.3 is 0 Å². The fourth-order valence-electron chi connectivity index (χ4n) is 2.24. The second-order valence-corrected chi connectivity index (χ2v) is 4.08. The molecule has 0 saturated carbocycles. The largest absolute Gasteiger partial charge is 0.326 e. The van der Waals surface area contributed by atoms with Gasteiger partial charge in [-0.1, -0.05) is 30.3 Å². The molecule has 2 nitrogen and oxygen atoms in total. The summed E-state index contributed by atoms with van der Waals surface area (Å²) < 4.78 is 2.13. The number of fused-ring (bicyclic) bond motifs is 1. The number of nitrogens with zero attached hydrogens (tertiary/aromatic N) is 1. The third-order valence-corrected chi connectivity index (χ3v) is 3.10. The predicted octanol–water partition coefficient (Wildman–Crippen LogP) is 3.07. The van der Waals surface area contributed by atoms with Crippen molar-refractivity contribution in [1.82, 2.24) is 4.40 Å². The molecule has 3 rings (SSSR count). The van der Waals surface area contributed by atoms with Gasteiger partial charge in [-0.05, 0) is 29.3 Å². The number of nitrogens with two attached hydrogens (primary N) is 1. The van der Waals surface area contributed by atoms with Crippen molar-refractivity contribution in [2.24, 2.45) is 5.73 Å². The zero-order chi connectivity index (χ0) is 11.7. The SMILES string of the molecule is NCc1ccccc1-c1ccn2ccccc12. The summed E-state index contributed by atoms with van der Waals surface area (Å²) >= 11 is 0. The van der Waals surface area contributed by atoms with Gasteiger partial charge < -0.3 is 10.1 Å². The fraction of sp³-hybridized carbons (Fsp3) is 0.0667. The maximum atomic E-state index is 5.79. The van der Waals surface area contributed by atoms with Gasteiger partial charge in [-0.2, -0.15) is 0 Å². The van der Waals surface area contributed by atoms with Crippen molar-refractivity contribution >= 4 is 5.52 Å². The molecule has 2 N–H and O–H groups in total. The highest BCUT2D eigenvalue weighted by Gasteiger charge is 2.07. The van der Waals surface area contributed by atoms with Crippen LogP contribution in [0, 0.1) is 0 Å². The summed E-state index contributed by atoms with van der Waals surface area (Å²) in [5.41, 5.74) is 10.7. The standard InChI is InChI=1S/C15H14N2/c16-11-12-5-1-2-6-13(12)14-8-10-17-9-4-3-7-15(14)17/h1-10H,11,16H2. The number of hydrogen-bond donors (Lipinski definition) is 1. The Morgan fingerprint density at radius 2 is 1.65 bits per heavy atom. The Hall–Kier alpha value is -2.06. The van der Waals surface area contributed by atoms with Gasteiger partial charge in [0, 0.05) is 24.5 Å². The van der Waals surface area contributed by atoms with Crippen LogP contribution < -0.4 is 5.73 Å². The first-order valence-electron chi connectivity index (χ1n) is 5.74. The number of pyridine rings is 1. The fourth-order valence-corrected chi connectivity index (χ4v) is 2.24. The second-order valence-electron chi connectivity index (χ2n) is 4.08. The van der Waals surface area contributed by atoms with E-state index in [1.807, 2.05) is 12.1 Å². The van der Waals surface area contributed by atoms with Crippen molar-refractivity contribution in [2.75, 3.05) is 0 Å². The zero-order valence-electron chi connectivity index (χ0n) is 9.51. The zero-order valence-corrected chi connectivity index (χ0v) is 9.51. The average Bonchev–Trinajstić information content (AvgIpc) is 2.82. The minimum Gasteiger partial charge on any atom is -0.326 e. The minimum absolute atomic E-state index is 0.570. The Labute approximate surface area is 100 Å². The van der Waals surface area contributed by atoms with E-state index in [0.29, 0.717) is 6.54 Å². The smallest absolute Gasteiger partial charge is 0.0528 e. The highest BCUT2D eigenvalue weighted by Crippen LogP contribution is 2.28. The third kappa shape index (κ3) is 1.63. The molecular weight excluding hydrogens is 208 g/mol. The molecule has 2 heteroatoms. The van der Waals surface area contributed by atoms with Crippen molar-refractivity contribution in [2.45, 2.75) is 6.54 Å². The Morgan fingerprint density at radius 3 is 2.53 bits per heavy atom. The molecule has 17 heavy (non-hydrogen) atoms. The molecule has 0 atom stereocenters. The first-order valence-corrected chi connectivity index (χ1v) is 5.74. The number of hydrogen-bond acceptors (Lipinski definition) is 1. The summed E-state index contributed by atoms with van der Waals surface area (Å²) in [5, 5.41) is 0. The molecule has 2 aromatic heterocycles. The Balaban J connectivity index is 2.27. The first-order chi connectivity index (χ1) is 8.40. The van der Waals surface area contributed by atoms with E-state index in [1.54, 1.807) is 0 Å². The average molecular weight is 222 g/mol. The minimum atomic E-state index is 0.570. The van der Waals surface area contributed by atoms with Crippen LogP contribution in [0.4, 0.5) is 0 Å².